The number of thiazole rings is 1. The van der Waals surface area contributed by atoms with Crippen molar-refractivity contribution in [3.63, 3.8) is 0 Å². The number of anilines is 1. The quantitative estimate of drug-likeness (QED) is 0.862. The second-order valence-electron chi connectivity index (χ2n) is 5.17. The molecule has 3 rings (SSSR count). The average Bonchev–Trinajstić information content (AvgIpc) is 3.07. The van der Waals surface area contributed by atoms with E-state index < -0.39 is 0 Å². The molecule has 0 fully saturated rings. The summed E-state index contributed by atoms with van der Waals surface area (Å²) in [5.74, 6) is -0.942. The first kappa shape index (κ1) is 15.5. The summed E-state index contributed by atoms with van der Waals surface area (Å²) >= 11 is 1.39. The number of esters is 1. The molecule has 23 heavy (non-hydrogen) atoms. The van der Waals surface area contributed by atoms with Crippen LogP contribution in [0.5, 0.6) is 0 Å². The molecule has 2 heterocycles. The van der Waals surface area contributed by atoms with Gasteiger partial charge in [-0.25, -0.2) is 9.97 Å². The fourth-order valence-corrected chi connectivity index (χ4v) is 3.46. The van der Waals surface area contributed by atoms with Crippen molar-refractivity contribution < 1.29 is 14.3 Å². The standard InChI is InChI=1S/C15H16N4O3S/c1-3-22-14(21)9-4-5-11-12(9)18-15(23-11)19-13(20)10-7-16-8(2)6-17-10/h6-7,9H,3-5H2,1-2H3,(H,18,19,20). The van der Waals surface area contributed by atoms with Crippen LogP contribution in [-0.2, 0) is 16.0 Å². The lowest BCUT2D eigenvalue weighted by Gasteiger charge is -2.07. The molecule has 1 N–H and O–H groups in total. The van der Waals surface area contributed by atoms with Gasteiger partial charge in [0.05, 0.1) is 24.2 Å². The number of hydrogen-bond acceptors (Lipinski definition) is 7. The molecule has 1 unspecified atom stereocenters. The summed E-state index contributed by atoms with van der Waals surface area (Å²) in [5, 5.41) is 3.18. The van der Waals surface area contributed by atoms with Crippen molar-refractivity contribution in [1.82, 2.24) is 15.0 Å². The van der Waals surface area contributed by atoms with Gasteiger partial charge in [0.2, 0.25) is 0 Å². The lowest BCUT2D eigenvalue weighted by molar-refractivity contribution is -0.145. The third kappa shape index (κ3) is 3.21. The van der Waals surface area contributed by atoms with E-state index in [2.05, 4.69) is 20.3 Å². The first-order valence-electron chi connectivity index (χ1n) is 7.34. The zero-order chi connectivity index (χ0) is 16.4. The number of carbonyl (C=O) groups excluding carboxylic acids is 2. The van der Waals surface area contributed by atoms with Crippen molar-refractivity contribution in [2.45, 2.75) is 32.6 Å². The van der Waals surface area contributed by atoms with Crippen LogP contribution >= 0.6 is 11.3 Å². The fourth-order valence-electron chi connectivity index (χ4n) is 2.42. The van der Waals surface area contributed by atoms with E-state index in [1.54, 1.807) is 13.8 Å². The van der Waals surface area contributed by atoms with E-state index in [9.17, 15) is 9.59 Å². The maximum atomic E-state index is 12.1. The number of aryl methyl sites for hydroxylation is 2. The van der Waals surface area contributed by atoms with Crippen LogP contribution < -0.4 is 5.32 Å². The molecule has 0 saturated carbocycles. The Kier molecular flexibility index (Phi) is 4.33. The molecule has 1 aliphatic carbocycles. The van der Waals surface area contributed by atoms with Gasteiger partial charge in [0, 0.05) is 11.1 Å². The minimum Gasteiger partial charge on any atom is -0.465 e. The Hall–Kier alpha value is -2.35. The highest BCUT2D eigenvalue weighted by molar-refractivity contribution is 7.16. The van der Waals surface area contributed by atoms with Crippen molar-refractivity contribution in [2.75, 3.05) is 11.9 Å². The van der Waals surface area contributed by atoms with Gasteiger partial charge in [-0.15, -0.1) is 11.3 Å². The van der Waals surface area contributed by atoms with Crippen LogP contribution in [0.4, 0.5) is 5.13 Å². The summed E-state index contributed by atoms with van der Waals surface area (Å²) in [6.07, 6.45) is 4.45. The highest BCUT2D eigenvalue weighted by atomic mass is 32.1. The van der Waals surface area contributed by atoms with Crippen molar-refractivity contribution in [2.24, 2.45) is 0 Å². The average molecular weight is 332 g/mol. The Morgan fingerprint density at radius 2 is 2.22 bits per heavy atom. The lowest BCUT2D eigenvalue weighted by atomic mass is 10.1. The Bertz CT molecular complexity index is 742. The predicted octanol–water partition coefficient (Wildman–Crippen LogP) is 2.09. The second-order valence-corrected chi connectivity index (χ2v) is 6.25. The van der Waals surface area contributed by atoms with Gasteiger partial charge >= 0.3 is 5.97 Å². The van der Waals surface area contributed by atoms with Crippen LogP contribution in [0.15, 0.2) is 12.4 Å². The molecule has 0 aliphatic heterocycles. The van der Waals surface area contributed by atoms with Gasteiger partial charge in [0.1, 0.15) is 11.6 Å². The third-order valence-electron chi connectivity index (χ3n) is 3.52. The maximum Gasteiger partial charge on any atom is 0.315 e. The van der Waals surface area contributed by atoms with Crippen molar-refractivity contribution in [1.29, 1.82) is 0 Å². The highest BCUT2D eigenvalue weighted by Gasteiger charge is 2.33. The van der Waals surface area contributed by atoms with Gasteiger partial charge in [-0.05, 0) is 26.7 Å². The van der Waals surface area contributed by atoms with Crippen molar-refractivity contribution >= 4 is 28.3 Å². The normalized spacial score (nSPS) is 16.0. The molecule has 7 nitrogen and oxygen atoms in total. The molecular weight excluding hydrogens is 316 g/mol. The number of nitrogens with one attached hydrogen (secondary N) is 1. The molecule has 0 bridgehead atoms. The minimum atomic E-state index is -0.363. The van der Waals surface area contributed by atoms with Gasteiger partial charge in [0.25, 0.3) is 5.91 Å². The fraction of sp³-hybridized carbons (Fsp3) is 0.400. The molecule has 1 amide bonds. The van der Waals surface area contributed by atoms with Gasteiger partial charge in [0.15, 0.2) is 5.13 Å². The first-order valence-corrected chi connectivity index (χ1v) is 8.16. The van der Waals surface area contributed by atoms with E-state index in [0.717, 1.165) is 22.7 Å². The third-order valence-corrected chi connectivity index (χ3v) is 4.57. The molecule has 1 atom stereocenters. The van der Waals surface area contributed by atoms with Crippen LogP contribution in [0, 0.1) is 6.92 Å². The molecular formula is C15H16N4O3S. The number of amides is 1. The lowest BCUT2D eigenvalue weighted by Crippen LogP contribution is -2.16. The number of carbonyl (C=O) groups is 2. The first-order chi connectivity index (χ1) is 11.1. The summed E-state index contributed by atoms with van der Waals surface area (Å²) in [6.45, 7) is 3.93. The number of rotatable bonds is 4. The zero-order valence-corrected chi connectivity index (χ0v) is 13.6. The van der Waals surface area contributed by atoms with E-state index in [1.165, 1.54) is 23.7 Å². The van der Waals surface area contributed by atoms with Crippen LogP contribution in [0.1, 0.15) is 46.0 Å². The van der Waals surface area contributed by atoms with E-state index in [-0.39, 0.29) is 23.5 Å². The van der Waals surface area contributed by atoms with E-state index in [4.69, 9.17) is 4.74 Å². The van der Waals surface area contributed by atoms with Crippen LogP contribution in [0.25, 0.3) is 0 Å². The van der Waals surface area contributed by atoms with E-state index in [1.807, 2.05) is 0 Å². The Balaban J connectivity index is 1.73. The van der Waals surface area contributed by atoms with E-state index in [0.29, 0.717) is 18.2 Å². The van der Waals surface area contributed by atoms with Crippen molar-refractivity contribution in [3.05, 3.63) is 34.4 Å². The number of nitrogens with zero attached hydrogens (tertiary/aromatic N) is 3. The molecule has 2 aromatic heterocycles. The minimum absolute atomic E-state index is 0.230. The van der Waals surface area contributed by atoms with Gasteiger partial charge in [-0.3, -0.25) is 19.9 Å². The number of hydrogen-bond donors (Lipinski definition) is 1. The number of aromatic nitrogens is 3. The summed E-state index contributed by atoms with van der Waals surface area (Å²) in [5.41, 5.74) is 1.69. The van der Waals surface area contributed by atoms with Crippen LogP contribution in [0.3, 0.4) is 0 Å². The number of fused-ring (bicyclic) bond motifs is 1. The summed E-state index contributed by atoms with van der Waals surface area (Å²) in [6, 6.07) is 0. The van der Waals surface area contributed by atoms with Gasteiger partial charge in [-0.2, -0.15) is 0 Å². The summed E-state index contributed by atoms with van der Waals surface area (Å²) < 4.78 is 5.07. The second kappa shape index (κ2) is 6.41. The zero-order valence-electron chi connectivity index (χ0n) is 12.8. The molecule has 0 saturated heterocycles. The predicted molar refractivity (Wildman–Crippen MR) is 84.5 cm³/mol. The van der Waals surface area contributed by atoms with Crippen LogP contribution in [-0.4, -0.2) is 33.4 Å². The highest BCUT2D eigenvalue weighted by Crippen LogP contribution is 2.39. The molecule has 1 aliphatic rings. The Morgan fingerprint density at radius 1 is 1.39 bits per heavy atom. The SMILES string of the molecule is CCOC(=O)C1CCc2sc(NC(=O)c3cnc(C)cn3)nc21. The number of ether oxygens (including phenoxy) is 1. The largest absolute Gasteiger partial charge is 0.465 e. The maximum absolute atomic E-state index is 12.1. The summed E-state index contributed by atoms with van der Waals surface area (Å²) in [7, 11) is 0. The summed E-state index contributed by atoms with van der Waals surface area (Å²) in [4.78, 5) is 37.6. The molecule has 2 aromatic rings. The molecule has 0 radical (unpaired) electrons. The van der Waals surface area contributed by atoms with Gasteiger partial charge in [-0.1, -0.05) is 0 Å². The Morgan fingerprint density at radius 3 is 2.91 bits per heavy atom. The van der Waals surface area contributed by atoms with E-state index >= 15 is 0 Å². The molecule has 0 aromatic carbocycles. The monoisotopic (exact) mass is 332 g/mol. The van der Waals surface area contributed by atoms with Crippen LogP contribution in [0.2, 0.25) is 0 Å². The van der Waals surface area contributed by atoms with Crippen molar-refractivity contribution in [3.8, 4) is 0 Å². The Labute approximate surface area is 137 Å². The smallest absolute Gasteiger partial charge is 0.315 e. The molecule has 8 heteroatoms. The topological polar surface area (TPSA) is 94.1 Å². The van der Waals surface area contributed by atoms with Gasteiger partial charge < -0.3 is 4.74 Å². The molecule has 0 spiro atoms. The molecule has 120 valence electrons.